The van der Waals surface area contributed by atoms with Crippen molar-refractivity contribution in [3.05, 3.63) is 101 Å². The van der Waals surface area contributed by atoms with Gasteiger partial charge < -0.3 is 4.57 Å². The van der Waals surface area contributed by atoms with Crippen molar-refractivity contribution in [2.75, 3.05) is 0 Å². The van der Waals surface area contributed by atoms with Gasteiger partial charge in [0.15, 0.2) is 0 Å². The molecule has 4 nitrogen and oxygen atoms in total. The molecule has 4 aromatic rings. The molecule has 0 saturated carbocycles. The van der Waals surface area contributed by atoms with Gasteiger partial charge in [-0.05, 0) is 55.0 Å². The number of nitrogens with zero attached hydrogens (tertiary/aromatic N) is 2. The van der Waals surface area contributed by atoms with E-state index in [1.165, 1.54) is 0 Å². The Kier molecular flexibility index (Phi) is 4.77. The number of carbonyl (C=O) groups is 1. The van der Waals surface area contributed by atoms with Gasteiger partial charge in [-0.25, -0.2) is 5.43 Å². The van der Waals surface area contributed by atoms with Crippen molar-refractivity contribution in [2.24, 2.45) is 5.10 Å². The third-order valence-electron chi connectivity index (χ3n) is 4.87. The minimum Gasteiger partial charge on any atom is -0.318 e. The van der Waals surface area contributed by atoms with Crippen LogP contribution in [0.15, 0.2) is 84.0 Å². The summed E-state index contributed by atoms with van der Waals surface area (Å²) in [4.78, 5) is 12.4. The van der Waals surface area contributed by atoms with Crippen LogP contribution >= 0.6 is 0 Å². The van der Waals surface area contributed by atoms with Crippen molar-refractivity contribution in [2.45, 2.75) is 13.8 Å². The number of benzene rings is 3. The number of aromatic nitrogens is 1. The molecule has 1 heterocycles. The van der Waals surface area contributed by atoms with Crippen LogP contribution in [0.25, 0.3) is 16.5 Å². The normalized spacial score (nSPS) is 11.2. The van der Waals surface area contributed by atoms with Gasteiger partial charge >= 0.3 is 0 Å². The summed E-state index contributed by atoms with van der Waals surface area (Å²) >= 11 is 0. The van der Waals surface area contributed by atoms with Crippen LogP contribution in [0.4, 0.5) is 0 Å². The van der Waals surface area contributed by atoms with Crippen LogP contribution in [0, 0.1) is 13.8 Å². The number of fused-ring (bicyclic) bond motifs is 1. The molecule has 28 heavy (non-hydrogen) atoms. The molecular weight excluding hydrogens is 346 g/mol. The molecule has 0 atom stereocenters. The Bertz CT molecular complexity index is 1170. The number of amides is 1. The van der Waals surface area contributed by atoms with Crippen LogP contribution in [0.5, 0.6) is 0 Å². The molecule has 0 aliphatic rings. The van der Waals surface area contributed by atoms with E-state index in [1.54, 1.807) is 6.21 Å². The lowest BCUT2D eigenvalue weighted by atomic mass is 10.1. The quantitative estimate of drug-likeness (QED) is 0.400. The standard InChI is InChI=1S/C24H21N3O/c1-17-14-22(18(2)27(17)23-10-4-3-5-11-23)16-25-26-24(28)21-13-12-19-8-6-7-9-20(19)15-21/h3-16H,1-2H3,(H,26,28)/b25-16-. The first-order valence-corrected chi connectivity index (χ1v) is 9.20. The van der Waals surface area contributed by atoms with Gasteiger partial charge in [-0.3, -0.25) is 4.79 Å². The third-order valence-corrected chi connectivity index (χ3v) is 4.87. The molecule has 1 N–H and O–H groups in total. The average molecular weight is 367 g/mol. The molecule has 0 aliphatic carbocycles. The second-order valence-electron chi connectivity index (χ2n) is 6.76. The van der Waals surface area contributed by atoms with Crippen LogP contribution in [-0.4, -0.2) is 16.7 Å². The Balaban J connectivity index is 1.52. The van der Waals surface area contributed by atoms with Crippen LogP contribution in [-0.2, 0) is 0 Å². The average Bonchev–Trinajstić information content (AvgIpc) is 3.01. The zero-order valence-electron chi connectivity index (χ0n) is 15.9. The second kappa shape index (κ2) is 7.53. The summed E-state index contributed by atoms with van der Waals surface area (Å²) in [5.41, 5.74) is 7.49. The molecule has 0 bridgehead atoms. The Morgan fingerprint density at radius 3 is 2.39 bits per heavy atom. The summed E-state index contributed by atoms with van der Waals surface area (Å²) in [6.07, 6.45) is 1.70. The molecule has 0 fully saturated rings. The molecule has 138 valence electrons. The van der Waals surface area contributed by atoms with E-state index in [0.29, 0.717) is 5.56 Å². The van der Waals surface area contributed by atoms with Gasteiger partial charge in [-0.1, -0.05) is 48.5 Å². The Hall–Kier alpha value is -3.66. The smallest absolute Gasteiger partial charge is 0.271 e. The molecule has 0 aliphatic heterocycles. The van der Waals surface area contributed by atoms with E-state index in [9.17, 15) is 4.79 Å². The van der Waals surface area contributed by atoms with Crippen molar-refractivity contribution in [3.8, 4) is 5.69 Å². The minimum absolute atomic E-state index is 0.223. The van der Waals surface area contributed by atoms with Gasteiger partial charge in [0.2, 0.25) is 0 Å². The molecule has 0 spiro atoms. The van der Waals surface area contributed by atoms with Crippen molar-refractivity contribution in [1.29, 1.82) is 0 Å². The molecular formula is C24H21N3O. The van der Waals surface area contributed by atoms with Gasteiger partial charge in [0.05, 0.1) is 6.21 Å². The number of aryl methyl sites for hydroxylation is 1. The van der Waals surface area contributed by atoms with E-state index in [1.807, 2.05) is 67.6 Å². The lowest BCUT2D eigenvalue weighted by Crippen LogP contribution is -2.17. The summed E-state index contributed by atoms with van der Waals surface area (Å²) in [5.74, 6) is -0.223. The van der Waals surface area contributed by atoms with Crippen molar-refractivity contribution < 1.29 is 4.79 Å². The van der Waals surface area contributed by atoms with Crippen molar-refractivity contribution >= 4 is 22.9 Å². The first-order chi connectivity index (χ1) is 13.6. The van der Waals surface area contributed by atoms with Crippen LogP contribution < -0.4 is 5.43 Å². The molecule has 1 amide bonds. The summed E-state index contributed by atoms with van der Waals surface area (Å²) in [6, 6.07) is 25.9. The van der Waals surface area contributed by atoms with Gasteiger partial charge in [-0.15, -0.1) is 0 Å². The van der Waals surface area contributed by atoms with Crippen LogP contribution in [0.2, 0.25) is 0 Å². The molecule has 1 aromatic heterocycles. The molecule has 4 heteroatoms. The van der Waals surface area contributed by atoms with E-state index < -0.39 is 0 Å². The Labute approximate surface area is 164 Å². The van der Waals surface area contributed by atoms with E-state index in [2.05, 4.69) is 40.2 Å². The van der Waals surface area contributed by atoms with Crippen molar-refractivity contribution in [3.63, 3.8) is 0 Å². The summed E-state index contributed by atoms with van der Waals surface area (Å²) < 4.78 is 2.17. The Morgan fingerprint density at radius 2 is 1.61 bits per heavy atom. The largest absolute Gasteiger partial charge is 0.318 e. The molecule has 0 saturated heterocycles. The fraction of sp³-hybridized carbons (Fsp3) is 0.0833. The maximum atomic E-state index is 12.4. The van der Waals surface area contributed by atoms with E-state index in [-0.39, 0.29) is 5.91 Å². The van der Waals surface area contributed by atoms with Gasteiger partial charge in [-0.2, -0.15) is 5.10 Å². The van der Waals surface area contributed by atoms with Crippen LogP contribution in [0.1, 0.15) is 27.3 Å². The Morgan fingerprint density at radius 1 is 0.893 bits per heavy atom. The van der Waals surface area contributed by atoms with Crippen LogP contribution in [0.3, 0.4) is 0 Å². The van der Waals surface area contributed by atoms with E-state index in [4.69, 9.17) is 0 Å². The van der Waals surface area contributed by atoms with Gasteiger partial charge in [0, 0.05) is 28.2 Å². The van der Waals surface area contributed by atoms with Gasteiger partial charge in [0.1, 0.15) is 0 Å². The fourth-order valence-electron chi connectivity index (χ4n) is 3.45. The second-order valence-corrected chi connectivity index (χ2v) is 6.76. The molecule has 3 aromatic carbocycles. The first-order valence-electron chi connectivity index (χ1n) is 9.20. The maximum Gasteiger partial charge on any atom is 0.271 e. The number of rotatable bonds is 4. The number of para-hydroxylation sites is 1. The van der Waals surface area contributed by atoms with E-state index >= 15 is 0 Å². The first kappa shape index (κ1) is 17.7. The number of carbonyl (C=O) groups excluding carboxylic acids is 1. The topological polar surface area (TPSA) is 46.4 Å². The highest BCUT2D eigenvalue weighted by Gasteiger charge is 2.09. The number of hydrazone groups is 1. The summed E-state index contributed by atoms with van der Waals surface area (Å²) in [6.45, 7) is 4.11. The number of hydrogen-bond acceptors (Lipinski definition) is 2. The third kappa shape index (κ3) is 3.45. The monoisotopic (exact) mass is 367 g/mol. The highest BCUT2D eigenvalue weighted by Crippen LogP contribution is 2.19. The zero-order valence-corrected chi connectivity index (χ0v) is 15.9. The predicted octanol–water partition coefficient (Wildman–Crippen LogP) is 5.01. The predicted molar refractivity (Wildman–Crippen MR) is 114 cm³/mol. The number of nitrogens with one attached hydrogen (secondary N) is 1. The van der Waals surface area contributed by atoms with E-state index in [0.717, 1.165) is 33.4 Å². The van der Waals surface area contributed by atoms with Gasteiger partial charge in [0.25, 0.3) is 5.91 Å². The number of hydrogen-bond donors (Lipinski definition) is 1. The minimum atomic E-state index is -0.223. The molecule has 0 unspecified atom stereocenters. The SMILES string of the molecule is Cc1cc(/C=N\NC(=O)c2ccc3ccccc3c2)c(C)n1-c1ccccc1. The lowest BCUT2D eigenvalue weighted by molar-refractivity contribution is 0.0955. The lowest BCUT2D eigenvalue weighted by Gasteiger charge is -2.09. The molecule has 4 rings (SSSR count). The highest BCUT2D eigenvalue weighted by molar-refractivity contribution is 5.99. The fourth-order valence-corrected chi connectivity index (χ4v) is 3.45. The zero-order chi connectivity index (χ0) is 19.5. The molecule has 0 radical (unpaired) electrons. The highest BCUT2D eigenvalue weighted by atomic mass is 16.2. The summed E-state index contributed by atoms with van der Waals surface area (Å²) in [5, 5.41) is 6.31. The summed E-state index contributed by atoms with van der Waals surface area (Å²) in [7, 11) is 0. The maximum absolute atomic E-state index is 12.4. The van der Waals surface area contributed by atoms with Crippen molar-refractivity contribution in [1.82, 2.24) is 9.99 Å².